The molecule has 70 heavy (non-hydrogen) atoms. The Morgan fingerprint density at radius 1 is 0.300 bits per heavy atom. The van der Waals surface area contributed by atoms with Crippen LogP contribution in [-0.4, -0.2) is 37.2 Å². The maximum Gasteiger partial charge on any atom is 0.306 e. The van der Waals surface area contributed by atoms with Crippen LogP contribution in [0.5, 0.6) is 0 Å². The van der Waals surface area contributed by atoms with Crippen molar-refractivity contribution < 1.29 is 28.6 Å². The Hall–Kier alpha value is -2.89. The molecule has 0 saturated heterocycles. The highest BCUT2D eigenvalue weighted by atomic mass is 16.6. The minimum absolute atomic E-state index is 0.0797. The van der Waals surface area contributed by atoms with Gasteiger partial charge < -0.3 is 14.2 Å². The molecule has 0 fully saturated rings. The summed E-state index contributed by atoms with van der Waals surface area (Å²) in [5.74, 6) is -0.901. The van der Waals surface area contributed by atoms with Gasteiger partial charge in [-0.25, -0.2) is 0 Å². The monoisotopic (exact) mass is 979 g/mol. The standard InChI is InChI=1S/C64H114O6/c1-4-7-10-13-15-17-19-21-23-25-27-29-30-31-32-33-35-36-38-40-42-44-46-48-51-54-57-63(66)69-60-61(59-68-62(65)56-53-50-12-9-6-3)70-64(67)58-55-52-49-47-45-43-41-39-37-34-28-26-24-22-20-18-16-14-11-8-5-2/h8,11,16,18,22,24,28,34,39,41,61H,4-7,9-10,12-15,17,19-21,23,25-27,29-33,35-38,40,42-60H2,1-3H3/b11-8-,18-16-,24-22-,34-28-,41-39-. The summed E-state index contributed by atoms with van der Waals surface area (Å²) in [5.41, 5.74) is 0. The number of carbonyl (C=O) groups excluding carboxylic acids is 3. The van der Waals surface area contributed by atoms with Crippen LogP contribution in [0.15, 0.2) is 60.8 Å². The van der Waals surface area contributed by atoms with Crippen molar-refractivity contribution in [1.82, 2.24) is 0 Å². The van der Waals surface area contributed by atoms with E-state index in [4.69, 9.17) is 14.2 Å². The second-order valence-corrected chi connectivity index (χ2v) is 20.2. The molecule has 0 radical (unpaired) electrons. The molecule has 0 aromatic carbocycles. The molecule has 0 aliphatic rings. The van der Waals surface area contributed by atoms with Gasteiger partial charge in [0.15, 0.2) is 6.10 Å². The quantitative estimate of drug-likeness (QED) is 0.0261. The molecule has 0 heterocycles. The number of carbonyl (C=O) groups is 3. The van der Waals surface area contributed by atoms with Crippen molar-refractivity contribution in [2.45, 2.75) is 316 Å². The molecule has 1 unspecified atom stereocenters. The second kappa shape index (κ2) is 58.7. The van der Waals surface area contributed by atoms with Gasteiger partial charge in [0.05, 0.1) is 0 Å². The molecule has 0 bridgehead atoms. The van der Waals surface area contributed by atoms with Gasteiger partial charge in [0.1, 0.15) is 13.2 Å². The third kappa shape index (κ3) is 56.0. The van der Waals surface area contributed by atoms with E-state index in [9.17, 15) is 14.4 Å². The van der Waals surface area contributed by atoms with Crippen molar-refractivity contribution in [1.29, 1.82) is 0 Å². The van der Waals surface area contributed by atoms with E-state index in [1.54, 1.807) is 0 Å². The number of esters is 3. The summed E-state index contributed by atoms with van der Waals surface area (Å²) < 4.78 is 16.7. The van der Waals surface area contributed by atoms with Crippen LogP contribution in [0.3, 0.4) is 0 Å². The number of ether oxygens (including phenoxy) is 3. The lowest BCUT2D eigenvalue weighted by molar-refractivity contribution is -0.167. The number of hydrogen-bond acceptors (Lipinski definition) is 6. The minimum atomic E-state index is -0.780. The molecular weight excluding hydrogens is 865 g/mol. The summed E-state index contributed by atoms with van der Waals surface area (Å²) in [5, 5.41) is 0. The van der Waals surface area contributed by atoms with E-state index in [1.165, 1.54) is 154 Å². The van der Waals surface area contributed by atoms with Crippen molar-refractivity contribution in [3.63, 3.8) is 0 Å². The predicted octanol–water partition coefficient (Wildman–Crippen LogP) is 20.4. The van der Waals surface area contributed by atoms with Gasteiger partial charge >= 0.3 is 17.9 Å². The lowest BCUT2D eigenvalue weighted by Gasteiger charge is -2.18. The van der Waals surface area contributed by atoms with E-state index in [0.717, 1.165) is 116 Å². The van der Waals surface area contributed by atoms with Crippen LogP contribution in [0.4, 0.5) is 0 Å². The van der Waals surface area contributed by atoms with Gasteiger partial charge in [-0.2, -0.15) is 0 Å². The zero-order valence-corrected chi connectivity index (χ0v) is 46.5. The molecule has 1 atom stereocenters. The minimum Gasteiger partial charge on any atom is -0.462 e. The molecule has 0 spiro atoms. The SMILES string of the molecule is CC/C=C\C/C=C\C/C=C\C/C=C\C/C=C\CCCCCCCC(=O)OC(COC(=O)CCCCCCC)COC(=O)CCCCCCCCCCCCCCCCCCCCCCCCCCCC. The fourth-order valence-corrected chi connectivity index (χ4v) is 8.77. The van der Waals surface area contributed by atoms with E-state index >= 15 is 0 Å². The predicted molar refractivity (Wildman–Crippen MR) is 302 cm³/mol. The average molecular weight is 980 g/mol. The highest BCUT2D eigenvalue weighted by Crippen LogP contribution is 2.17. The first kappa shape index (κ1) is 67.1. The molecule has 6 heteroatoms. The fraction of sp³-hybridized carbons (Fsp3) is 0.797. The van der Waals surface area contributed by atoms with Gasteiger partial charge in [0.2, 0.25) is 0 Å². The van der Waals surface area contributed by atoms with Gasteiger partial charge in [0, 0.05) is 19.3 Å². The van der Waals surface area contributed by atoms with Crippen LogP contribution in [0.25, 0.3) is 0 Å². The molecule has 0 aliphatic carbocycles. The smallest absolute Gasteiger partial charge is 0.306 e. The molecule has 406 valence electrons. The molecule has 6 nitrogen and oxygen atoms in total. The Morgan fingerprint density at radius 2 is 0.557 bits per heavy atom. The van der Waals surface area contributed by atoms with Gasteiger partial charge in [-0.05, 0) is 64.2 Å². The van der Waals surface area contributed by atoms with Crippen molar-refractivity contribution in [3.8, 4) is 0 Å². The lowest BCUT2D eigenvalue weighted by atomic mass is 10.0. The average Bonchev–Trinajstić information content (AvgIpc) is 3.36. The van der Waals surface area contributed by atoms with Crippen molar-refractivity contribution in [3.05, 3.63) is 60.8 Å². The van der Waals surface area contributed by atoms with Crippen molar-refractivity contribution >= 4 is 17.9 Å². The van der Waals surface area contributed by atoms with Crippen molar-refractivity contribution in [2.24, 2.45) is 0 Å². The molecule has 0 aromatic heterocycles. The molecule has 0 rings (SSSR count). The molecule has 0 saturated carbocycles. The van der Waals surface area contributed by atoms with Gasteiger partial charge in [0.25, 0.3) is 0 Å². The van der Waals surface area contributed by atoms with Crippen LogP contribution in [0, 0.1) is 0 Å². The van der Waals surface area contributed by atoms with Crippen LogP contribution < -0.4 is 0 Å². The maximum absolute atomic E-state index is 12.8. The number of allylic oxidation sites excluding steroid dienone is 10. The van der Waals surface area contributed by atoms with Crippen LogP contribution >= 0.6 is 0 Å². The first-order chi connectivity index (χ1) is 34.5. The van der Waals surface area contributed by atoms with E-state index in [2.05, 4.69) is 81.5 Å². The fourth-order valence-electron chi connectivity index (χ4n) is 8.77. The van der Waals surface area contributed by atoms with Crippen LogP contribution in [-0.2, 0) is 28.6 Å². The van der Waals surface area contributed by atoms with Gasteiger partial charge in [-0.1, -0.05) is 287 Å². The Balaban J connectivity index is 4.05. The highest BCUT2D eigenvalue weighted by Gasteiger charge is 2.19. The summed E-state index contributed by atoms with van der Waals surface area (Å²) in [6, 6.07) is 0. The first-order valence-corrected chi connectivity index (χ1v) is 30.3. The van der Waals surface area contributed by atoms with Crippen LogP contribution in [0.1, 0.15) is 310 Å². The van der Waals surface area contributed by atoms with E-state index in [-0.39, 0.29) is 31.1 Å². The Labute approximate surface area is 434 Å². The lowest BCUT2D eigenvalue weighted by Crippen LogP contribution is -2.30. The number of hydrogen-bond donors (Lipinski definition) is 0. The van der Waals surface area contributed by atoms with Crippen molar-refractivity contribution in [2.75, 3.05) is 13.2 Å². The molecule has 0 amide bonds. The summed E-state index contributed by atoms with van der Waals surface area (Å²) >= 11 is 0. The third-order valence-electron chi connectivity index (χ3n) is 13.3. The van der Waals surface area contributed by atoms with E-state index in [1.807, 2.05) is 0 Å². The summed E-state index contributed by atoms with van der Waals surface area (Å²) in [4.78, 5) is 37.8. The number of unbranched alkanes of at least 4 members (excludes halogenated alkanes) is 34. The molecule has 0 N–H and O–H groups in total. The maximum atomic E-state index is 12.8. The topological polar surface area (TPSA) is 78.9 Å². The summed E-state index contributed by atoms with van der Waals surface area (Å²) in [6.07, 6.45) is 74.2. The van der Waals surface area contributed by atoms with E-state index in [0.29, 0.717) is 19.3 Å². The van der Waals surface area contributed by atoms with E-state index < -0.39 is 6.10 Å². The summed E-state index contributed by atoms with van der Waals surface area (Å²) in [7, 11) is 0. The molecular formula is C64H114O6. The number of rotatable bonds is 55. The Morgan fingerprint density at radius 3 is 0.871 bits per heavy atom. The Bertz CT molecular complexity index is 1260. The van der Waals surface area contributed by atoms with Crippen LogP contribution in [0.2, 0.25) is 0 Å². The zero-order chi connectivity index (χ0) is 50.7. The normalized spacial score (nSPS) is 12.4. The molecule has 0 aliphatic heterocycles. The first-order valence-electron chi connectivity index (χ1n) is 30.3. The largest absolute Gasteiger partial charge is 0.462 e. The summed E-state index contributed by atoms with van der Waals surface area (Å²) in [6.45, 7) is 6.46. The van der Waals surface area contributed by atoms with Gasteiger partial charge in [-0.15, -0.1) is 0 Å². The third-order valence-corrected chi connectivity index (χ3v) is 13.3. The highest BCUT2D eigenvalue weighted by molar-refractivity contribution is 5.71. The second-order valence-electron chi connectivity index (χ2n) is 20.2. The zero-order valence-electron chi connectivity index (χ0n) is 46.5. The van der Waals surface area contributed by atoms with Gasteiger partial charge in [-0.3, -0.25) is 14.4 Å². The molecule has 0 aromatic rings. The Kier molecular flexibility index (Phi) is 56.3.